The maximum Gasteiger partial charge on any atom is 0.472 e. The second-order valence-electron chi connectivity index (χ2n) is 20.2. The zero-order chi connectivity index (χ0) is 52.4. The quantitative estimate of drug-likeness (QED) is 0.0264. The van der Waals surface area contributed by atoms with Gasteiger partial charge >= 0.3 is 19.8 Å². The summed E-state index contributed by atoms with van der Waals surface area (Å²) in [4.78, 5) is 35.2. The Morgan fingerprint density at radius 2 is 0.764 bits per heavy atom. The lowest BCUT2D eigenvalue weighted by Gasteiger charge is -2.19. The molecule has 0 fully saturated rings. The lowest BCUT2D eigenvalue weighted by atomic mass is 10.0. The number of hydrogen-bond acceptors (Lipinski definition) is 8. The van der Waals surface area contributed by atoms with Crippen molar-refractivity contribution in [3.8, 4) is 0 Å². The molecular weight excluding hydrogens is 918 g/mol. The Hall–Kier alpha value is -2.29. The molecule has 0 aromatic rings. The number of unbranched alkanes of at least 4 members (excludes halogenated alkanes) is 34. The third-order valence-electron chi connectivity index (χ3n) is 13.1. The van der Waals surface area contributed by atoms with Crippen LogP contribution in [0, 0.1) is 0 Å². The SMILES string of the molecule is CC/C=C\C/C=C\C/C=C\C/C=C\CCCCCCCCCCCCCCCCCCCCCCC(=O)OC(COC(=O)CCCCCCCCC/C=C\CCCCCCCCC)COP(=O)(O)OCCN. The Morgan fingerprint density at radius 3 is 1.15 bits per heavy atom. The van der Waals surface area contributed by atoms with Crippen LogP contribution in [0.5, 0.6) is 0 Å². The highest BCUT2D eigenvalue weighted by Crippen LogP contribution is 2.43. The molecule has 0 radical (unpaired) electrons. The molecule has 0 saturated carbocycles. The first-order valence-corrected chi connectivity index (χ1v) is 31.8. The van der Waals surface area contributed by atoms with Crippen LogP contribution in [0.3, 0.4) is 0 Å². The van der Waals surface area contributed by atoms with Crippen LogP contribution in [0.2, 0.25) is 0 Å². The highest BCUT2D eigenvalue weighted by atomic mass is 31.2. The largest absolute Gasteiger partial charge is 0.472 e. The lowest BCUT2D eigenvalue weighted by molar-refractivity contribution is -0.161. The van der Waals surface area contributed by atoms with E-state index < -0.39 is 26.5 Å². The smallest absolute Gasteiger partial charge is 0.462 e. The van der Waals surface area contributed by atoms with Crippen LogP contribution in [0.1, 0.15) is 290 Å². The van der Waals surface area contributed by atoms with Gasteiger partial charge in [0, 0.05) is 19.4 Å². The molecule has 0 amide bonds. The van der Waals surface area contributed by atoms with E-state index >= 15 is 0 Å². The molecule has 2 atom stereocenters. The Kier molecular flexibility index (Phi) is 56.1. The van der Waals surface area contributed by atoms with Crippen LogP contribution < -0.4 is 5.73 Å². The number of ether oxygens (including phenoxy) is 2. The zero-order valence-corrected chi connectivity index (χ0v) is 47.8. The summed E-state index contributed by atoms with van der Waals surface area (Å²) in [7, 11) is -4.39. The fourth-order valence-corrected chi connectivity index (χ4v) is 9.45. The predicted octanol–water partition coefficient (Wildman–Crippen LogP) is 19.1. The number of rotatable bonds is 57. The van der Waals surface area contributed by atoms with Gasteiger partial charge in [-0.15, -0.1) is 0 Å². The van der Waals surface area contributed by atoms with Gasteiger partial charge in [-0.3, -0.25) is 18.6 Å². The van der Waals surface area contributed by atoms with Crippen molar-refractivity contribution in [3.63, 3.8) is 0 Å². The molecule has 0 bridgehead atoms. The van der Waals surface area contributed by atoms with Crippen molar-refractivity contribution in [2.24, 2.45) is 5.73 Å². The summed E-state index contributed by atoms with van der Waals surface area (Å²) in [6, 6.07) is 0. The van der Waals surface area contributed by atoms with Crippen molar-refractivity contribution in [2.45, 2.75) is 296 Å². The van der Waals surface area contributed by atoms with E-state index in [4.69, 9.17) is 24.3 Å². The monoisotopic (exact) mass is 1030 g/mol. The first-order valence-electron chi connectivity index (χ1n) is 30.3. The number of esters is 2. The standard InChI is InChI=1S/C62H114NO8P/c1-3-5-7-9-11-13-15-17-19-21-23-24-25-26-27-28-29-30-31-32-33-34-35-36-37-39-41-43-45-47-49-51-53-55-62(65)71-60(59-70-72(66,67)69-57-56-63)58-68-61(64)54-52-50-48-46-44-42-40-38-22-20-18-16-14-12-10-8-6-4-2/h5,7,11,13,17,19-20,22-24,60H,3-4,6,8-10,12,14-16,18,21,25-59,63H2,1-2H3,(H,66,67)/b7-5-,13-11-,19-17-,22-20-,24-23-. The summed E-state index contributed by atoms with van der Waals surface area (Å²) in [5, 5.41) is 0. The van der Waals surface area contributed by atoms with Gasteiger partial charge in [0.2, 0.25) is 0 Å². The second kappa shape index (κ2) is 58.0. The molecule has 0 aromatic heterocycles. The van der Waals surface area contributed by atoms with Gasteiger partial charge in [0.1, 0.15) is 6.61 Å². The van der Waals surface area contributed by atoms with Gasteiger partial charge in [-0.1, -0.05) is 261 Å². The van der Waals surface area contributed by atoms with E-state index in [0.717, 1.165) is 70.6 Å². The first-order chi connectivity index (χ1) is 35.3. The van der Waals surface area contributed by atoms with E-state index in [-0.39, 0.29) is 38.6 Å². The number of carbonyl (C=O) groups excluding carboxylic acids is 2. The topological polar surface area (TPSA) is 134 Å². The van der Waals surface area contributed by atoms with Gasteiger partial charge in [-0.25, -0.2) is 4.57 Å². The van der Waals surface area contributed by atoms with E-state index in [1.54, 1.807) is 0 Å². The Bertz CT molecular complexity index is 1360. The van der Waals surface area contributed by atoms with Crippen molar-refractivity contribution in [1.29, 1.82) is 0 Å². The van der Waals surface area contributed by atoms with E-state index in [1.807, 2.05) is 0 Å². The molecule has 0 saturated heterocycles. The lowest BCUT2D eigenvalue weighted by Crippen LogP contribution is -2.29. The molecule has 420 valence electrons. The molecule has 0 aromatic carbocycles. The fourth-order valence-electron chi connectivity index (χ4n) is 8.68. The van der Waals surface area contributed by atoms with Gasteiger partial charge < -0.3 is 20.1 Å². The molecule has 72 heavy (non-hydrogen) atoms. The van der Waals surface area contributed by atoms with Crippen LogP contribution in [0.4, 0.5) is 0 Å². The van der Waals surface area contributed by atoms with Crippen LogP contribution in [0.15, 0.2) is 60.8 Å². The molecule has 0 rings (SSSR count). The molecule has 0 aliphatic rings. The van der Waals surface area contributed by atoms with Crippen molar-refractivity contribution in [3.05, 3.63) is 60.8 Å². The molecule has 2 unspecified atom stereocenters. The van der Waals surface area contributed by atoms with E-state index in [9.17, 15) is 19.0 Å². The van der Waals surface area contributed by atoms with Crippen LogP contribution in [0.25, 0.3) is 0 Å². The van der Waals surface area contributed by atoms with E-state index in [1.165, 1.54) is 186 Å². The van der Waals surface area contributed by atoms with Crippen LogP contribution in [-0.4, -0.2) is 49.3 Å². The van der Waals surface area contributed by atoms with E-state index in [2.05, 4.69) is 74.6 Å². The number of carbonyl (C=O) groups is 2. The summed E-state index contributed by atoms with van der Waals surface area (Å²) < 4.78 is 33.1. The summed E-state index contributed by atoms with van der Waals surface area (Å²) in [6.07, 6.45) is 72.9. The number of phosphoric ester groups is 1. The highest BCUT2D eigenvalue weighted by Gasteiger charge is 2.26. The molecule has 9 nitrogen and oxygen atoms in total. The average molecular weight is 1030 g/mol. The summed E-state index contributed by atoms with van der Waals surface area (Å²) in [6.45, 7) is 3.66. The van der Waals surface area contributed by atoms with Crippen LogP contribution >= 0.6 is 7.82 Å². The van der Waals surface area contributed by atoms with Gasteiger partial charge in [0.05, 0.1) is 13.2 Å². The minimum Gasteiger partial charge on any atom is -0.462 e. The number of allylic oxidation sites excluding steroid dienone is 10. The summed E-state index contributed by atoms with van der Waals surface area (Å²) >= 11 is 0. The van der Waals surface area contributed by atoms with Crippen LogP contribution in [-0.2, 0) is 32.7 Å². The Morgan fingerprint density at radius 1 is 0.431 bits per heavy atom. The molecular formula is C62H114NO8P. The third-order valence-corrected chi connectivity index (χ3v) is 14.1. The predicted molar refractivity (Wildman–Crippen MR) is 307 cm³/mol. The Labute approximate surface area is 444 Å². The number of hydrogen-bond donors (Lipinski definition) is 2. The molecule has 0 aliphatic carbocycles. The Balaban J connectivity index is 3.87. The summed E-state index contributed by atoms with van der Waals surface area (Å²) in [5.41, 5.74) is 5.38. The molecule has 0 aliphatic heterocycles. The van der Waals surface area contributed by atoms with Crippen molar-refractivity contribution in [1.82, 2.24) is 0 Å². The van der Waals surface area contributed by atoms with E-state index in [0.29, 0.717) is 6.42 Å². The van der Waals surface area contributed by atoms with Crippen molar-refractivity contribution in [2.75, 3.05) is 26.4 Å². The number of phosphoric acid groups is 1. The fraction of sp³-hybridized carbons (Fsp3) is 0.806. The minimum atomic E-state index is -4.39. The highest BCUT2D eigenvalue weighted by molar-refractivity contribution is 7.47. The molecule has 3 N–H and O–H groups in total. The summed E-state index contributed by atoms with van der Waals surface area (Å²) in [5.74, 6) is -0.821. The van der Waals surface area contributed by atoms with Gasteiger partial charge in [-0.05, 0) is 77.0 Å². The zero-order valence-electron chi connectivity index (χ0n) is 46.9. The maximum atomic E-state index is 12.7. The third kappa shape index (κ3) is 57.0. The molecule has 0 heterocycles. The average Bonchev–Trinajstić information content (AvgIpc) is 3.37. The second-order valence-corrected chi connectivity index (χ2v) is 21.6. The van der Waals surface area contributed by atoms with Gasteiger partial charge in [-0.2, -0.15) is 0 Å². The first kappa shape index (κ1) is 69.7. The normalized spacial score (nSPS) is 13.4. The van der Waals surface area contributed by atoms with Gasteiger partial charge in [0.25, 0.3) is 0 Å². The van der Waals surface area contributed by atoms with Crippen molar-refractivity contribution >= 4 is 19.8 Å². The van der Waals surface area contributed by atoms with Gasteiger partial charge in [0.15, 0.2) is 6.10 Å². The maximum absolute atomic E-state index is 12.7. The molecule has 10 heteroatoms. The van der Waals surface area contributed by atoms with Crippen molar-refractivity contribution < 1.29 is 37.6 Å². The minimum absolute atomic E-state index is 0.0533. The molecule has 0 spiro atoms. The number of nitrogens with two attached hydrogens (primary N) is 1.